The Morgan fingerprint density at radius 2 is 1.88 bits per heavy atom. The quantitative estimate of drug-likeness (QED) is 0.719. The number of Topliss-reactive ketones (excluding diaryl/α,β-unsaturated/α-hetero) is 1. The van der Waals surface area contributed by atoms with Gasteiger partial charge in [0.05, 0.1) is 19.7 Å². The third-order valence-corrected chi connectivity index (χ3v) is 4.19. The summed E-state index contributed by atoms with van der Waals surface area (Å²) in [5.74, 6) is 0.693. The fraction of sp³-hybridized carbons (Fsp3) is 0.211. The fourth-order valence-electron chi connectivity index (χ4n) is 2.91. The first-order valence-electron chi connectivity index (χ1n) is 7.55. The number of aryl methyl sites for hydroxylation is 1. The van der Waals surface area contributed by atoms with Crippen molar-refractivity contribution in [1.29, 1.82) is 0 Å². The number of rotatable bonds is 5. The minimum Gasteiger partial charge on any atom is -0.496 e. The normalized spacial score (nSPS) is 10.8. The van der Waals surface area contributed by atoms with Crippen LogP contribution in [-0.4, -0.2) is 25.0 Å². The molecule has 0 saturated carbocycles. The summed E-state index contributed by atoms with van der Waals surface area (Å²) in [4.78, 5) is 15.9. The highest BCUT2D eigenvalue weighted by atomic mass is 19.1. The van der Waals surface area contributed by atoms with Crippen LogP contribution in [0.25, 0.3) is 10.9 Å². The van der Waals surface area contributed by atoms with Crippen LogP contribution in [0.3, 0.4) is 0 Å². The van der Waals surface area contributed by atoms with Crippen molar-refractivity contribution in [3.8, 4) is 11.5 Å². The van der Waals surface area contributed by atoms with E-state index in [9.17, 15) is 9.18 Å². The second kappa shape index (κ2) is 6.35. The molecule has 24 heavy (non-hydrogen) atoms. The van der Waals surface area contributed by atoms with E-state index < -0.39 is 5.82 Å². The Balaban J connectivity index is 1.97. The van der Waals surface area contributed by atoms with E-state index in [1.165, 1.54) is 19.2 Å². The van der Waals surface area contributed by atoms with Crippen molar-refractivity contribution < 1.29 is 18.7 Å². The molecule has 2 aromatic carbocycles. The number of benzene rings is 2. The van der Waals surface area contributed by atoms with Crippen LogP contribution in [0, 0.1) is 12.7 Å². The monoisotopic (exact) mass is 327 g/mol. The van der Waals surface area contributed by atoms with Crippen LogP contribution in [0.2, 0.25) is 0 Å². The van der Waals surface area contributed by atoms with Gasteiger partial charge in [-0.25, -0.2) is 4.39 Å². The maximum Gasteiger partial charge on any atom is 0.169 e. The van der Waals surface area contributed by atoms with Gasteiger partial charge >= 0.3 is 0 Å². The smallest absolute Gasteiger partial charge is 0.169 e. The SMILES string of the molecule is COc1cc(F)ccc1CC(=O)c1c[nH]c2c(C)c(OC)ccc12. The number of hydrogen-bond acceptors (Lipinski definition) is 3. The summed E-state index contributed by atoms with van der Waals surface area (Å²) < 4.78 is 23.8. The average Bonchev–Trinajstić information content (AvgIpc) is 3.01. The van der Waals surface area contributed by atoms with Crippen molar-refractivity contribution in [2.24, 2.45) is 0 Å². The summed E-state index contributed by atoms with van der Waals surface area (Å²) in [6.07, 6.45) is 1.84. The van der Waals surface area contributed by atoms with Crippen molar-refractivity contribution in [1.82, 2.24) is 4.98 Å². The number of ether oxygens (including phenoxy) is 2. The van der Waals surface area contributed by atoms with Gasteiger partial charge in [0.25, 0.3) is 0 Å². The van der Waals surface area contributed by atoms with Gasteiger partial charge in [-0.05, 0) is 25.1 Å². The minimum atomic E-state index is -0.391. The third kappa shape index (κ3) is 2.73. The van der Waals surface area contributed by atoms with Crippen molar-refractivity contribution >= 4 is 16.7 Å². The number of aromatic amines is 1. The standard InChI is InChI=1S/C19H18FNO3/c1-11-17(23-2)7-6-14-15(10-21-19(11)14)16(22)8-12-4-5-13(20)9-18(12)24-3/h4-7,9-10,21H,8H2,1-3H3. The lowest BCUT2D eigenvalue weighted by molar-refractivity contribution is 0.0993. The number of nitrogens with one attached hydrogen (secondary N) is 1. The molecule has 0 spiro atoms. The molecule has 124 valence electrons. The fourth-order valence-corrected chi connectivity index (χ4v) is 2.91. The van der Waals surface area contributed by atoms with Gasteiger partial charge in [-0.3, -0.25) is 4.79 Å². The molecule has 1 aromatic heterocycles. The maximum atomic E-state index is 13.3. The lowest BCUT2D eigenvalue weighted by atomic mass is 10.0. The molecule has 0 unspecified atom stereocenters. The van der Waals surface area contributed by atoms with E-state index >= 15 is 0 Å². The largest absolute Gasteiger partial charge is 0.496 e. The molecular weight excluding hydrogens is 309 g/mol. The van der Waals surface area contributed by atoms with Gasteiger partial charge in [0, 0.05) is 40.8 Å². The maximum absolute atomic E-state index is 13.3. The average molecular weight is 327 g/mol. The summed E-state index contributed by atoms with van der Waals surface area (Å²) in [6, 6.07) is 7.91. The Labute approximate surface area is 139 Å². The van der Waals surface area contributed by atoms with Gasteiger partial charge in [0.15, 0.2) is 5.78 Å². The molecule has 0 aliphatic heterocycles. The van der Waals surface area contributed by atoms with E-state index in [-0.39, 0.29) is 12.2 Å². The van der Waals surface area contributed by atoms with Gasteiger partial charge in [-0.15, -0.1) is 0 Å². The Hall–Kier alpha value is -2.82. The molecule has 0 saturated heterocycles. The van der Waals surface area contributed by atoms with E-state index in [0.717, 1.165) is 22.2 Å². The molecule has 5 heteroatoms. The van der Waals surface area contributed by atoms with Gasteiger partial charge < -0.3 is 14.5 Å². The second-order valence-corrected chi connectivity index (χ2v) is 5.57. The number of fused-ring (bicyclic) bond motifs is 1. The molecule has 0 bridgehead atoms. The molecule has 3 rings (SSSR count). The molecule has 0 aliphatic carbocycles. The van der Waals surface area contributed by atoms with Crippen LogP contribution in [0.5, 0.6) is 11.5 Å². The summed E-state index contributed by atoms with van der Waals surface area (Å²) in [6.45, 7) is 1.94. The second-order valence-electron chi connectivity index (χ2n) is 5.57. The number of H-pyrrole nitrogens is 1. The number of hydrogen-bond donors (Lipinski definition) is 1. The summed E-state index contributed by atoms with van der Waals surface area (Å²) in [7, 11) is 3.08. The van der Waals surface area contributed by atoms with E-state index in [2.05, 4.69) is 4.98 Å². The molecule has 0 amide bonds. The Morgan fingerprint density at radius 1 is 1.12 bits per heavy atom. The topological polar surface area (TPSA) is 51.3 Å². The highest BCUT2D eigenvalue weighted by molar-refractivity contribution is 6.09. The van der Waals surface area contributed by atoms with E-state index in [4.69, 9.17) is 9.47 Å². The van der Waals surface area contributed by atoms with Crippen LogP contribution in [0.4, 0.5) is 4.39 Å². The number of carbonyl (C=O) groups excluding carboxylic acids is 1. The minimum absolute atomic E-state index is 0.0595. The molecule has 1 N–H and O–H groups in total. The van der Waals surface area contributed by atoms with Gasteiger partial charge in [0.2, 0.25) is 0 Å². The number of halogens is 1. The van der Waals surface area contributed by atoms with Crippen LogP contribution >= 0.6 is 0 Å². The van der Waals surface area contributed by atoms with Gasteiger partial charge in [-0.1, -0.05) is 6.07 Å². The first-order chi connectivity index (χ1) is 11.5. The number of ketones is 1. The third-order valence-electron chi connectivity index (χ3n) is 4.19. The van der Waals surface area contributed by atoms with Crippen molar-refractivity contribution in [3.05, 3.63) is 59.0 Å². The van der Waals surface area contributed by atoms with E-state index in [0.29, 0.717) is 16.9 Å². The Morgan fingerprint density at radius 3 is 2.58 bits per heavy atom. The molecule has 0 fully saturated rings. The predicted molar refractivity (Wildman–Crippen MR) is 90.6 cm³/mol. The van der Waals surface area contributed by atoms with E-state index in [1.807, 2.05) is 19.1 Å². The molecule has 0 aliphatic rings. The first-order valence-corrected chi connectivity index (χ1v) is 7.55. The van der Waals surface area contributed by atoms with Crippen LogP contribution in [0.15, 0.2) is 36.5 Å². The highest BCUT2D eigenvalue weighted by Crippen LogP contribution is 2.30. The highest BCUT2D eigenvalue weighted by Gasteiger charge is 2.17. The van der Waals surface area contributed by atoms with Crippen LogP contribution in [0.1, 0.15) is 21.5 Å². The van der Waals surface area contributed by atoms with Crippen molar-refractivity contribution in [3.63, 3.8) is 0 Å². The number of aromatic nitrogens is 1. The molecule has 4 nitrogen and oxygen atoms in total. The molecule has 0 radical (unpaired) electrons. The first kappa shape index (κ1) is 16.1. The molecule has 3 aromatic rings. The zero-order chi connectivity index (χ0) is 17.3. The number of carbonyl (C=O) groups is 1. The Bertz CT molecular complexity index is 914. The zero-order valence-electron chi connectivity index (χ0n) is 13.8. The van der Waals surface area contributed by atoms with Gasteiger partial charge in [0.1, 0.15) is 17.3 Å². The van der Waals surface area contributed by atoms with Crippen LogP contribution < -0.4 is 9.47 Å². The molecule has 1 heterocycles. The lowest BCUT2D eigenvalue weighted by Crippen LogP contribution is -2.05. The van der Waals surface area contributed by atoms with Crippen molar-refractivity contribution in [2.75, 3.05) is 14.2 Å². The summed E-state index contributed by atoms with van der Waals surface area (Å²) >= 11 is 0. The van der Waals surface area contributed by atoms with E-state index in [1.54, 1.807) is 19.4 Å². The van der Waals surface area contributed by atoms with Crippen LogP contribution in [-0.2, 0) is 6.42 Å². The summed E-state index contributed by atoms with van der Waals surface area (Å²) in [5, 5.41) is 0.847. The van der Waals surface area contributed by atoms with Crippen molar-refractivity contribution in [2.45, 2.75) is 13.3 Å². The number of methoxy groups -OCH3 is 2. The Kier molecular flexibility index (Phi) is 4.25. The zero-order valence-corrected chi connectivity index (χ0v) is 13.8. The lowest BCUT2D eigenvalue weighted by Gasteiger charge is -2.08. The van der Waals surface area contributed by atoms with Gasteiger partial charge in [-0.2, -0.15) is 0 Å². The summed E-state index contributed by atoms with van der Waals surface area (Å²) in [5.41, 5.74) is 3.09. The predicted octanol–water partition coefficient (Wildman–Crippen LogP) is 4.06. The molecule has 0 atom stereocenters. The molecular formula is C19H18FNO3.